The summed E-state index contributed by atoms with van der Waals surface area (Å²) in [5, 5.41) is 13.2. The summed E-state index contributed by atoms with van der Waals surface area (Å²) in [6, 6.07) is 9.94. The van der Waals surface area contributed by atoms with Crippen LogP contribution in [0, 0.1) is 11.7 Å². The van der Waals surface area contributed by atoms with Crippen molar-refractivity contribution in [2.75, 3.05) is 13.7 Å². The minimum absolute atomic E-state index is 0.144. The van der Waals surface area contributed by atoms with Crippen molar-refractivity contribution in [3.05, 3.63) is 64.7 Å². The van der Waals surface area contributed by atoms with Crippen molar-refractivity contribution in [1.82, 2.24) is 15.8 Å². The molecule has 0 aliphatic rings. The largest absolute Gasteiger partial charge is 0.377 e. The van der Waals surface area contributed by atoms with Crippen molar-refractivity contribution in [1.29, 1.82) is 0 Å². The predicted molar refractivity (Wildman–Crippen MR) is 118 cm³/mol. The summed E-state index contributed by atoms with van der Waals surface area (Å²) >= 11 is 5.91. The smallest absolute Gasteiger partial charge is 0.246 e. The van der Waals surface area contributed by atoms with Gasteiger partial charge in [0.15, 0.2) is 0 Å². The molecule has 2 rings (SSSR count). The Kier molecular flexibility index (Phi) is 10.9. The fraction of sp³-hybridized carbons (Fsp3) is 0.478. The van der Waals surface area contributed by atoms with E-state index in [1.54, 1.807) is 30.9 Å². The van der Waals surface area contributed by atoms with Crippen LogP contribution in [0.4, 0.5) is 4.39 Å². The Balaban J connectivity index is 1.84. The summed E-state index contributed by atoms with van der Waals surface area (Å²) in [6.45, 7) is 2.87. The third-order valence-corrected chi connectivity index (χ3v) is 5.62. The number of benzene rings is 1. The quantitative estimate of drug-likeness (QED) is 0.227. The number of carbonyl (C=O) groups excluding carboxylic acids is 1. The van der Waals surface area contributed by atoms with E-state index >= 15 is 0 Å². The van der Waals surface area contributed by atoms with Crippen LogP contribution in [0.3, 0.4) is 0 Å². The molecule has 31 heavy (non-hydrogen) atoms. The van der Waals surface area contributed by atoms with Crippen molar-refractivity contribution >= 4 is 17.5 Å². The van der Waals surface area contributed by atoms with E-state index in [9.17, 15) is 9.18 Å². The highest BCUT2D eigenvalue weighted by Crippen LogP contribution is 2.28. The lowest BCUT2D eigenvalue weighted by Crippen LogP contribution is -2.30. The number of hydroxylamine groups is 1. The number of nitrogens with zero attached hydrogens (tertiary/aromatic N) is 1. The van der Waals surface area contributed by atoms with Gasteiger partial charge in [0.05, 0.1) is 16.8 Å². The number of hydrogen-bond acceptors (Lipinski definition) is 5. The number of rotatable bonds is 13. The monoisotopic (exact) mass is 451 g/mol. The number of pyridine rings is 1. The van der Waals surface area contributed by atoms with Gasteiger partial charge in [-0.3, -0.25) is 15.0 Å². The average molecular weight is 452 g/mol. The first-order valence-corrected chi connectivity index (χ1v) is 10.9. The van der Waals surface area contributed by atoms with Crippen molar-refractivity contribution < 1.29 is 19.1 Å². The van der Waals surface area contributed by atoms with Gasteiger partial charge in [0.2, 0.25) is 5.91 Å². The lowest BCUT2D eigenvalue weighted by molar-refractivity contribution is -0.135. The van der Waals surface area contributed by atoms with Crippen LogP contribution < -0.4 is 10.8 Å². The van der Waals surface area contributed by atoms with Gasteiger partial charge in [-0.05, 0) is 62.1 Å². The van der Waals surface area contributed by atoms with Crippen LogP contribution in [0.25, 0.3) is 0 Å². The fourth-order valence-corrected chi connectivity index (χ4v) is 3.71. The number of unbranched alkanes of at least 4 members (excludes halogenated alkanes) is 1. The molecule has 0 saturated carbocycles. The van der Waals surface area contributed by atoms with Crippen molar-refractivity contribution in [2.45, 2.75) is 51.2 Å². The lowest BCUT2D eigenvalue weighted by Gasteiger charge is -2.22. The van der Waals surface area contributed by atoms with Crippen LogP contribution in [0.1, 0.15) is 62.4 Å². The third-order valence-electron chi connectivity index (χ3n) is 5.39. The van der Waals surface area contributed by atoms with Crippen molar-refractivity contribution in [3.63, 3.8) is 0 Å². The molecule has 1 aromatic heterocycles. The molecule has 1 heterocycles. The topological polar surface area (TPSA) is 83.5 Å². The number of methoxy groups -OCH3 is 1. The molecule has 0 fully saturated rings. The summed E-state index contributed by atoms with van der Waals surface area (Å²) in [5.74, 6) is -1.18. The van der Waals surface area contributed by atoms with E-state index in [2.05, 4.69) is 17.2 Å². The standard InChI is InChI=1S/C23H31ClFN3O3/c1-3-20(21-12-9-18(24)15-27-21)26-13-5-4-6-17(23(29)28-30)14-22(31-2)16-7-10-19(25)11-8-16/h7-12,15,17,20,22,26,30H,3-6,13-14H2,1-2H3,(H,28,29)/t17-,20+,22+/m0/s1. The van der Waals surface area contributed by atoms with Gasteiger partial charge < -0.3 is 10.1 Å². The first kappa shape index (κ1) is 25.2. The highest BCUT2D eigenvalue weighted by atomic mass is 35.5. The second kappa shape index (κ2) is 13.4. The molecule has 8 heteroatoms. The molecule has 3 N–H and O–H groups in total. The minimum atomic E-state index is -0.436. The first-order valence-electron chi connectivity index (χ1n) is 10.6. The molecule has 0 unspecified atom stereocenters. The second-order valence-corrected chi connectivity index (χ2v) is 7.93. The van der Waals surface area contributed by atoms with Gasteiger partial charge in [-0.15, -0.1) is 0 Å². The molecular weight excluding hydrogens is 421 g/mol. The molecule has 1 aromatic carbocycles. The lowest BCUT2D eigenvalue weighted by atomic mass is 9.91. The van der Waals surface area contributed by atoms with Crippen LogP contribution in [0.15, 0.2) is 42.6 Å². The molecule has 1 amide bonds. The molecule has 0 aliphatic carbocycles. The third kappa shape index (κ3) is 8.18. The molecule has 2 aromatic rings. The normalized spacial score (nSPS) is 14.1. The molecular formula is C23H31ClFN3O3. The molecule has 0 bridgehead atoms. The Hall–Kier alpha value is -2.06. The first-order chi connectivity index (χ1) is 15.0. The van der Waals surface area contributed by atoms with Gasteiger partial charge in [0, 0.05) is 25.3 Å². The highest BCUT2D eigenvalue weighted by molar-refractivity contribution is 6.30. The van der Waals surface area contributed by atoms with Gasteiger partial charge in [0.25, 0.3) is 0 Å². The number of amides is 1. The number of nitrogens with one attached hydrogen (secondary N) is 2. The van der Waals surface area contributed by atoms with Crippen molar-refractivity contribution in [2.24, 2.45) is 5.92 Å². The van der Waals surface area contributed by atoms with Crippen LogP contribution in [-0.4, -0.2) is 29.8 Å². The van der Waals surface area contributed by atoms with E-state index in [0.29, 0.717) is 17.9 Å². The molecule has 6 nitrogen and oxygen atoms in total. The number of aromatic nitrogens is 1. The average Bonchev–Trinajstić information content (AvgIpc) is 2.79. The van der Waals surface area contributed by atoms with Gasteiger partial charge in [-0.2, -0.15) is 0 Å². The Bertz CT molecular complexity index is 790. The summed E-state index contributed by atoms with van der Waals surface area (Å²) in [7, 11) is 1.56. The Morgan fingerprint density at radius 2 is 1.97 bits per heavy atom. The fourth-order valence-electron chi connectivity index (χ4n) is 3.59. The van der Waals surface area contributed by atoms with Crippen molar-refractivity contribution in [3.8, 4) is 0 Å². The number of halogens is 2. The van der Waals surface area contributed by atoms with Gasteiger partial charge in [-0.25, -0.2) is 9.87 Å². The van der Waals surface area contributed by atoms with E-state index in [0.717, 1.165) is 37.1 Å². The molecule has 3 atom stereocenters. The van der Waals surface area contributed by atoms with Gasteiger partial charge in [-0.1, -0.05) is 37.1 Å². The van der Waals surface area contributed by atoms with Gasteiger partial charge >= 0.3 is 0 Å². The molecule has 0 aliphatic heterocycles. The molecule has 170 valence electrons. The van der Waals surface area contributed by atoms with E-state index < -0.39 is 11.8 Å². The maximum absolute atomic E-state index is 13.2. The molecule has 0 spiro atoms. The summed E-state index contributed by atoms with van der Waals surface area (Å²) < 4.78 is 18.7. The molecule has 0 radical (unpaired) electrons. The minimum Gasteiger partial charge on any atom is -0.377 e. The van der Waals surface area contributed by atoms with Crippen LogP contribution in [0.5, 0.6) is 0 Å². The predicted octanol–water partition coefficient (Wildman–Crippen LogP) is 4.98. The zero-order valence-corrected chi connectivity index (χ0v) is 18.7. The Morgan fingerprint density at radius 3 is 2.55 bits per heavy atom. The van der Waals surface area contributed by atoms with Crippen LogP contribution in [-0.2, 0) is 9.53 Å². The Labute approximate surface area is 188 Å². The second-order valence-electron chi connectivity index (χ2n) is 7.50. The van der Waals surface area contributed by atoms with Crippen LogP contribution in [0.2, 0.25) is 5.02 Å². The zero-order valence-electron chi connectivity index (χ0n) is 18.0. The number of ether oxygens (including phenoxy) is 1. The maximum Gasteiger partial charge on any atom is 0.246 e. The van der Waals surface area contributed by atoms with E-state index in [-0.39, 0.29) is 18.0 Å². The summed E-state index contributed by atoms with van der Waals surface area (Å²) in [6.07, 6.45) is 4.85. The maximum atomic E-state index is 13.2. The van der Waals surface area contributed by atoms with E-state index in [4.69, 9.17) is 21.5 Å². The highest BCUT2D eigenvalue weighted by Gasteiger charge is 2.24. The zero-order chi connectivity index (χ0) is 22.6. The summed E-state index contributed by atoms with van der Waals surface area (Å²) in [4.78, 5) is 16.5. The Morgan fingerprint density at radius 1 is 1.23 bits per heavy atom. The molecule has 0 saturated heterocycles. The van der Waals surface area contributed by atoms with Crippen LogP contribution >= 0.6 is 11.6 Å². The number of hydrogen-bond donors (Lipinski definition) is 3. The SMILES string of the molecule is CC[C@@H](NCCCC[C@@H](C[C@@H](OC)c1ccc(F)cc1)C(=O)NO)c1ccc(Cl)cn1. The van der Waals surface area contributed by atoms with Gasteiger partial charge in [0.1, 0.15) is 5.82 Å². The number of carbonyl (C=O) groups is 1. The van der Waals surface area contributed by atoms with E-state index in [1.165, 1.54) is 12.1 Å². The van der Waals surface area contributed by atoms with E-state index in [1.807, 2.05) is 12.1 Å². The summed E-state index contributed by atoms with van der Waals surface area (Å²) in [5.41, 5.74) is 3.50.